The van der Waals surface area contributed by atoms with Crippen LogP contribution in [0.5, 0.6) is 0 Å². The highest BCUT2D eigenvalue weighted by molar-refractivity contribution is 7.89. The highest BCUT2D eigenvalue weighted by atomic mass is 32.2. The van der Waals surface area contributed by atoms with Crippen LogP contribution in [0.4, 0.5) is 4.39 Å². The molecule has 2 aromatic carbocycles. The van der Waals surface area contributed by atoms with Crippen LogP contribution in [0.25, 0.3) is 11.3 Å². The van der Waals surface area contributed by atoms with E-state index < -0.39 is 10.0 Å². The molecule has 3 aromatic rings. The summed E-state index contributed by atoms with van der Waals surface area (Å²) in [4.78, 5) is 28.5. The lowest BCUT2D eigenvalue weighted by Crippen LogP contribution is -2.24. The number of rotatable bonds is 8. The Bertz CT molecular complexity index is 1220. The Kier molecular flexibility index (Phi) is 6.93. The Morgan fingerprint density at radius 3 is 2.39 bits per heavy atom. The van der Waals surface area contributed by atoms with Gasteiger partial charge in [0.05, 0.1) is 16.9 Å². The molecular weight excluding hydrogens is 423 g/mol. The second-order valence-corrected chi connectivity index (χ2v) is 8.44. The maximum Gasteiger partial charge on any atom is 0.253 e. The summed E-state index contributed by atoms with van der Waals surface area (Å²) in [6, 6.07) is 13.0. The fourth-order valence-electron chi connectivity index (χ4n) is 2.87. The van der Waals surface area contributed by atoms with Crippen molar-refractivity contribution in [1.82, 2.24) is 14.9 Å². The number of hydrogen-bond donors (Lipinski definition) is 2. The van der Waals surface area contributed by atoms with Crippen molar-refractivity contribution in [3.63, 3.8) is 0 Å². The zero-order valence-electron chi connectivity index (χ0n) is 16.5. The number of sulfonamides is 1. The lowest BCUT2D eigenvalue weighted by molar-refractivity contribution is -0.121. The minimum atomic E-state index is -3.75. The third kappa shape index (κ3) is 6.30. The number of carbonyl (C=O) groups is 1. The lowest BCUT2D eigenvalue weighted by Gasteiger charge is -2.08. The molecule has 0 spiro atoms. The van der Waals surface area contributed by atoms with E-state index in [1.54, 1.807) is 24.3 Å². The third-order valence-corrected chi connectivity index (χ3v) is 5.49. The average Bonchev–Trinajstić information content (AvgIpc) is 2.73. The number of carbonyl (C=O) groups excluding carboxylic acids is 1. The van der Waals surface area contributed by atoms with Crippen LogP contribution in [-0.4, -0.2) is 23.9 Å². The van der Waals surface area contributed by atoms with Crippen LogP contribution in [0.2, 0.25) is 0 Å². The largest absolute Gasteiger partial charge is 0.352 e. The van der Waals surface area contributed by atoms with E-state index >= 15 is 0 Å². The zero-order valence-corrected chi connectivity index (χ0v) is 17.3. The molecule has 3 rings (SSSR count). The summed E-state index contributed by atoms with van der Waals surface area (Å²) >= 11 is 0. The van der Waals surface area contributed by atoms with Gasteiger partial charge in [-0.1, -0.05) is 12.1 Å². The number of nitrogens with one attached hydrogen (secondary N) is 1. The molecule has 1 heterocycles. The molecule has 31 heavy (non-hydrogen) atoms. The molecule has 0 saturated carbocycles. The third-order valence-electron chi connectivity index (χ3n) is 4.56. The molecule has 0 aliphatic heterocycles. The molecule has 0 atom stereocenters. The number of aryl methyl sites for hydroxylation is 1. The SMILES string of the molecule is NS(=O)(=O)c1ccc(CNC(=O)CCCn2cnc(-c3ccc(F)cc3)cc2=O)cc1. The van der Waals surface area contributed by atoms with E-state index in [1.165, 1.54) is 41.2 Å². The van der Waals surface area contributed by atoms with Gasteiger partial charge in [0.25, 0.3) is 5.56 Å². The van der Waals surface area contributed by atoms with Crippen molar-refractivity contribution < 1.29 is 17.6 Å². The molecule has 8 nitrogen and oxygen atoms in total. The van der Waals surface area contributed by atoms with Crippen LogP contribution in [0.1, 0.15) is 18.4 Å². The summed E-state index contributed by atoms with van der Waals surface area (Å²) in [5, 5.41) is 7.79. The van der Waals surface area contributed by atoms with Crippen molar-refractivity contribution >= 4 is 15.9 Å². The van der Waals surface area contributed by atoms with Crippen LogP contribution >= 0.6 is 0 Å². The van der Waals surface area contributed by atoms with Crippen LogP contribution in [0.3, 0.4) is 0 Å². The number of hydrogen-bond acceptors (Lipinski definition) is 5. The summed E-state index contributed by atoms with van der Waals surface area (Å²) in [5.41, 5.74) is 1.57. The predicted molar refractivity (Wildman–Crippen MR) is 113 cm³/mol. The Morgan fingerprint density at radius 2 is 1.77 bits per heavy atom. The average molecular weight is 444 g/mol. The maximum absolute atomic E-state index is 13.0. The van der Waals surface area contributed by atoms with E-state index in [-0.39, 0.29) is 35.1 Å². The second kappa shape index (κ2) is 9.63. The Hall–Kier alpha value is -3.37. The van der Waals surface area contributed by atoms with E-state index in [2.05, 4.69) is 10.3 Å². The van der Waals surface area contributed by atoms with Gasteiger partial charge in [-0.05, 0) is 48.4 Å². The molecule has 0 aliphatic rings. The first-order chi connectivity index (χ1) is 14.7. The van der Waals surface area contributed by atoms with Gasteiger partial charge in [-0.25, -0.2) is 22.9 Å². The van der Waals surface area contributed by atoms with E-state index in [4.69, 9.17) is 5.14 Å². The summed E-state index contributed by atoms with van der Waals surface area (Å²) in [6.45, 7) is 0.573. The van der Waals surface area contributed by atoms with Gasteiger partial charge in [0.2, 0.25) is 15.9 Å². The summed E-state index contributed by atoms with van der Waals surface area (Å²) < 4.78 is 36.9. The molecule has 10 heteroatoms. The Labute approximate surface area is 178 Å². The molecule has 0 aliphatic carbocycles. The summed E-state index contributed by atoms with van der Waals surface area (Å²) in [7, 11) is -3.75. The number of primary sulfonamides is 1. The standard InChI is InChI=1S/C21H21FN4O4S/c22-17-7-5-16(6-8-17)19-12-21(28)26(14-25-19)11-1-2-20(27)24-13-15-3-9-18(10-4-15)31(23,29)30/h3-10,12,14H,1-2,11,13H2,(H,24,27)(H2,23,29,30). The highest BCUT2D eigenvalue weighted by Gasteiger charge is 2.08. The van der Waals surface area contributed by atoms with Gasteiger partial charge in [-0.3, -0.25) is 14.2 Å². The summed E-state index contributed by atoms with van der Waals surface area (Å²) in [6.07, 6.45) is 2.06. The predicted octanol–water partition coefficient (Wildman–Crippen LogP) is 1.79. The minimum Gasteiger partial charge on any atom is -0.352 e. The quantitative estimate of drug-likeness (QED) is 0.548. The first-order valence-electron chi connectivity index (χ1n) is 9.43. The number of benzene rings is 2. The molecule has 0 unspecified atom stereocenters. The van der Waals surface area contributed by atoms with Crippen molar-refractivity contribution in [2.45, 2.75) is 30.8 Å². The molecular formula is C21H21FN4O4S. The number of aromatic nitrogens is 2. The van der Waals surface area contributed by atoms with E-state index in [1.807, 2.05) is 0 Å². The number of nitrogens with zero attached hydrogens (tertiary/aromatic N) is 2. The zero-order chi connectivity index (χ0) is 22.4. The number of nitrogens with two attached hydrogens (primary N) is 1. The second-order valence-electron chi connectivity index (χ2n) is 6.88. The monoisotopic (exact) mass is 444 g/mol. The van der Waals surface area contributed by atoms with Gasteiger partial charge in [-0.2, -0.15) is 0 Å². The van der Waals surface area contributed by atoms with Crippen LogP contribution in [0.15, 0.2) is 70.6 Å². The lowest BCUT2D eigenvalue weighted by atomic mass is 10.1. The fraction of sp³-hybridized carbons (Fsp3) is 0.190. The van der Waals surface area contributed by atoms with Gasteiger partial charge in [0.15, 0.2) is 0 Å². The normalized spacial score (nSPS) is 11.3. The van der Waals surface area contributed by atoms with Crippen molar-refractivity contribution in [1.29, 1.82) is 0 Å². The van der Waals surface area contributed by atoms with Crippen LogP contribution in [0, 0.1) is 5.82 Å². The first kappa shape index (κ1) is 22.3. The van der Waals surface area contributed by atoms with Crippen LogP contribution in [-0.2, 0) is 27.9 Å². The smallest absolute Gasteiger partial charge is 0.253 e. The van der Waals surface area contributed by atoms with E-state index in [0.29, 0.717) is 24.2 Å². The van der Waals surface area contributed by atoms with Crippen molar-refractivity contribution in [2.75, 3.05) is 0 Å². The summed E-state index contributed by atoms with van der Waals surface area (Å²) in [5.74, 6) is -0.560. The van der Waals surface area contributed by atoms with Crippen molar-refractivity contribution in [2.24, 2.45) is 5.14 Å². The van der Waals surface area contributed by atoms with Crippen LogP contribution < -0.4 is 16.0 Å². The number of amides is 1. The van der Waals surface area contributed by atoms with Gasteiger partial charge in [-0.15, -0.1) is 0 Å². The minimum absolute atomic E-state index is 0.00655. The van der Waals surface area contributed by atoms with E-state index in [0.717, 1.165) is 5.56 Å². The molecule has 0 fully saturated rings. The van der Waals surface area contributed by atoms with Gasteiger partial charge in [0, 0.05) is 31.1 Å². The molecule has 1 aromatic heterocycles. The molecule has 3 N–H and O–H groups in total. The van der Waals surface area contributed by atoms with Gasteiger partial charge >= 0.3 is 0 Å². The molecule has 0 bridgehead atoms. The Balaban J connectivity index is 1.48. The Morgan fingerprint density at radius 1 is 1.10 bits per heavy atom. The van der Waals surface area contributed by atoms with Gasteiger partial charge < -0.3 is 5.32 Å². The fourth-order valence-corrected chi connectivity index (χ4v) is 3.38. The maximum atomic E-state index is 13.0. The van der Waals surface area contributed by atoms with Crippen molar-refractivity contribution in [3.05, 3.63) is 82.7 Å². The number of halogens is 1. The molecule has 162 valence electrons. The molecule has 0 radical (unpaired) electrons. The van der Waals surface area contributed by atoms with Gasteiger partial charge in [0.1, 0.15) is 5.82 Å². The van der Waals surface area contributed by atoms with Crippen molar-refractivity contribution in [3.8, 4) is 11.3 Å². The topological polar surface area (TPSA) is 124 Å². The first-order valence-corrected chi connectivity index (χ1v) is 11.0. The highest BCUT2D eigenvalue weighted by Crippen LogP contribution is 2.15. The molecule has 1 amide bonds. The van der Waals surface area contributed by atoms with E-state index in [9.17, 15) is 22.4 Å². The molecule has 0 saturated heterocycles.